The summed E-state index contributed by atoms with van der Waals surface area (Å²) in [5, 5.41) is 0. The Bertz CT molecular complexity index is 318. The van der Waals surface area contributed by atoms with E-state index >= 15 is 0 Å². The highest BCUT2D eigenvalue weighted by atomic mass is 32.2. The van der Waals surface area contributed by atoms with Gasteiger partial charge in [-0.05, 0) is 50.4 Å². The van der Waals surface area contributed by atoms with Gasteiger partial charge in [0.05, 0.1) is 11.5 Å². The number of thioether (sulfide) groups is 1. The molecule has 0 N–H and O–H groups in total. The van der Waals surface area contributed by atoms with Gasteiger partial charge in [-0.15, -0.1) is 11.8 Å². The average Bonchev–Trinajstić information content (AvgIpc) is 2.48. The van der Waals surface area contributed by atoms with Crippen LogP contribution in [0.4, 0.5) is 0 Å². The van der Waals surface area contributed by atoms with Gasteiger partial charge in [0.2, 0.25) is 0 Å². The van der Waals surface area contributed by atoms with E-state index in [4.69, 9.17) is 4.74 Å². The highest BCUT2D eigenvalue weighted by Crippen LogP contribution is 2.28. The summed E-state index contributed by atoms with van der Waals surface area (Å²) in [7, 11) is 0. The number of ether oxygens (including phenoxy) is 1. The van der Waals surface area contributed by atoms with Gasteiger partial charge in [-0.1, -0.05) is 25.5 Å². The molecule has 1 heterocycles. The van der Waals surface area contributed by atoms with Crippen molar-refractivity contribution in [1.29, 1.82) is 0 Å². The summed E-state index contributed by atoms with van der Waals surface area (Å²) in [6.45, 7) is 4.49. The Morgan fingerprint density at radius 1 is 1.39 bits per heavy atom. The Hall–Kier alpha value is -0.700. The largest absolute Gasteiger partial charge is 0.462 e. The first kappa shape index (κ1) is 15.4. The van der Waals surface area contributed by atoms with Crippen LogP contribution in [-0.4, -0.2) is 18.3 Å². The Morgan fingerprint density at radius 3 is 2.94 bits per heavy atom. The number of esters is 1. The lowest BCUT2D eigenvalue weighted by Crippen LogP contribution is -2.08. The van der Waals surface area contributed by atoms with Crippen molar-refractivity contribution in [3.8, 4) is 0 Å². The van der Waals surface area contributed by atoms with Crippen LogP contribution >= 0.6 is 11.8 Å². The van der Waals surface area contributed by atoms with Crippen LogP contribution in [0.1, 0.15) is 52.4 Å². The van der Waals surface area contributed by atoms with Crippen molar-refractivity contribution in [2.24, 2.45) is 0 Å². The van der Waals surface area contributed by atoms with Crippen LogP contribution in [0.2, 0.25) is 0 Å². The third-order valence-corrected chi connectivity index (χ3v) is 4.09. The second-order valence-electron chi connectivity index (χ2n) is 4.42. The number of unbranched alkanes of at least 4 members (excludes halogenated alkanes) is 1. The van der Waals surface area contributed by atoms with Crippen LogP contribution in [0.25, 0.3) is 0 Å². The Kier molecular flexibility index (Phi) is 7.90. The van der Waals surface area contributed by atoms with Crippen LogP contribution < -0.4 is 0 Å². The van der Waals surface area contributed by atoms with E-state index in [1.165, 1.54) is 18.4 Å². The molecular formula is C15H24O2S. The zero-order valence-electron chi connectivity index (χ0n) is 11.5. The number of rotatable bonds is 5. The highest BCUT2D eigenvalue weighted by molar-refractivity contribution is 8.04. The van der Waals surface area contributed by atoms with E-state index in [0.29, 0.717) is 6.61 Å². The first-order chi connectivity index (χ1) is 8.79. The van der Waals surface area contributed by atoms with Gasteiger partial charge in [0.15, 0.2) is 0 Å². The maximum Gasteiger partial charge on any atom is 0.344 e. The molecular weight excluding hydrogens is 244 g/mol. The second-order valence-corrected chi connectivity index (χ2v) is 5.53. The lowest BCUT2D eigenvalue weighted by molar-refractivity contribution is -0.137. The molecule has 0 aromatic rings. The zero-order chi connectivity index (χ0) is 13.2. The molecule has 0 aromatic heterocycles. The number of carbonyl (C=O) groups is 1. The number of allylic oxidation sites excluding steroid dienone is 3. The van der Waals surface area contributed by atoms with E-state index in [-0.39, 0.29) is 5.97 Å². The summed E-state index contributed by atoms with van der Waals surface area (Å²) in [5.74, 6) is 0.881. The molecule has 0 unspecified atom stereocenters. The van der Waals surface area contributed by atoms with Gasteiger partial charge in [0, 0.05) is 0 Å². The van der Waals surface area contributed by atoms with Crippen LogP contribution in [0, 0.1) is 0 Å². The van der Waals surface area contributed by atoms with Crippen molar-refractivity contribution in [3.05, 3.63) is 22.6 Å². The monoisotopic (exact) mass is 268 g/mol. The Morgan fingerprint density at radius 2 is 2.22 bits per heavy atom. The van der Waals surface area contributed by atoms with Crippen LogP contribution in [0.3, 0.4) is 0 Å². The summed E-state index contributed by atoms with van der Waals surface area (Å²) in [4.78, 5) is 12.9. The molecule has 1 aliphatic heterocycles. The van der Waals surface area contributed by atoms with Gasteiger partial charge in [-0.3, -0.25) is 0 Å². The van der Waals surface area contributed by atoms with E-state index in [2.05, 4.69) is 19.1 Å². The third kappa shape index (κ3) is 5.30. The first-order valence-corrected chi connectivity index (χ1v) is 7.97. The molecule has 102 valence electrons. The molecule has 0 spiro atoms. The molecule has 18 heavy (non-hydrogen) atoms. The molecule has 0 aliphatic carbocycles. The van der Waals surface area contributed by atoms with Gasteiger partial charge in [0.1, 0.15) is 0 Å². The van der Waals surface area contributed by atoms with Crippen molar-refractivity contribution in [2.75, 3.05) is 12.4 Å². The van der Waals surface area contributed by atoms with Gasteiger partial charge in [-0.25, -0.2) is 4.79 Å². The predicted octanol–water partition coefficient (Wildman–Crippen LogP) is 4.47. The number of hydrogen-bond acceptors (Lipinski definition) is 3. The first-order valence-electron chi connectivity index (χ1n) is 6.99. The molecule has 0 radical (unpaired) electrons. The van der Waals surface area contributed by atoms with E-state index < -0.39 is 0 Å². The van der Waals surface area contributed by atoms with Crippen molar-refractivity contribution >= 4 is 17.7 Å². The molecule has 0 aromatic carbocycles. The van der Waals surface area contributed by atoms with Gasteiger partial charge in [0.25, 0.3) is 0 Å². The normalized spacial score (nSPS) is 22.8. The maximum absolute atomic E-state index is 12.0. The average molecular weight is 268 g/mol. The molecule has 1 rings (SSSR count). The highest BCUT2D eigenvalue weighted by Gasteiger charge is 2.16. The van der Waals surface area contributed by atoms with E-state index in [9.17, 15) is 4.79 Å². The molecule has 0 bridgehead atoms. The summed E-state index contributed by atoms with van der Waals surface area (Å²) in [6, 6.07) is 0. The SMILES string of the molecule is CCCCC1=C(\C(=O)OCC)SCCCC/C=C\1. The fraction of sp³-hybridized carbons (Fsp3) is 0.667. The summed E-state index contributed by atoms with van der Waals surface area (Å²) in [5.41, 5.74) is 1.17. The van der Waals surface area contributed by atoms with Crippen molar-refractivity contribution < 1.29 is 9.53 Å². The zero-order valence-corrected chi connectivity index (χ0v) is 12.4. The van der Waals surface area contributed by atoms with Gasteiger partial charge >= 0.3 is 5.97 Å². The van der Waals surface area contributed by atoms with E-state index in [1.807, 2.05) is 6.92 Å². The predicted molar refractivity (Wildman–Crippen MR) is 78.6 cm³/mol. The van der Waals surface area contributed by atoms with Gasteiger partial charge < -0.3 is 4.74 Å². The Labute approximate surface area is 115 Å². The summed E-state index contributed by atoms with van der Waals surface area (Å²) < 4.78 is 5.18. The Balaban J connectivity index is 2.89. The van der Waals surface area contributed by atoms with Crippen molar-refractivity contribution in [2.45, 2.75) is 52.4 Å². The molecule has 0 saturated carbocycles. The molecule has 3 heteroatoms. The lowest BCUT2D eigenvalue weighted by Gasteiger charge is -2.10. The van der Waals surface area contributed by atoms with E-state index in [1.54, 1.807) is 11.8 Å². The molecule has 0 saturated heterocycles. The molecule has 0 atom stereocenters. The topological polar surface area (TPSA) is 26.3 Å². The second kappa shape index (κ2) is 9.26. The molecule has 0 fully saturated rings. The van der Waals surface area contributed by atoms with Crippen molar-refractivity contribution in [3.63, 3.8) is 0 Å². The van der Waals surface area contributed by atoms with Crippen LogP contribution in [0.15, 0.2) is 22.6 Å². The molecule has 1 aliphatic rings. The summed E-state index contributed by atoms with van der Waals surface area (Å²) >= 11 is 1.67. The number of carbonyl (C=O) groups excluding carboxylic acids is 1. The fourth-order valence-corrected chi connectivity index (χ4v) is 2.97. The summed E-state index contributed by atoms with van der Waals surface area (Å²) in [6.07, 6.45) is 11.1. The standard InChI is InChI=1S/C15H24O2S/c1-3-5-10-13-11-8-6-7-9-12-18-14(13)15(16)17-4-2/h8,11H,3-7,9-10,12H2,1-2H3/b11-8-,14-13-. The number of hydrogen-bond donors (Lipinski definition) is 0. The van der Waals surface area contributed by atoms with Crippen LogP contribution in [-0.2, 0) is 9.53 Å². The molecule has 0 amide bonds. The third-order valence-electron chi connectivity index (χ3n) is 2.88. The minimum atomic E-state index is -0.139. The minimum absolute atomic E-state index is 0.139. The van der Waals surface area contributed by atoms with E-state index in [0.717, 1.165) is 36.3 Å². The quantitative estimate of drug-likeness (QED) is 0.688. The fourth-order valence-electron chi connectivity index (χ4n) is 1.88. The minimum Gasteiger partial charge on any atom is -0.462 e. The van der Waals surface area contributed by atoms with Crippen LogP contribution in [0.5, 0.6) is 0 Å². The molecule has 2 nitrogen and oxygen atoms in total. The van der Waals surface area contributed by atoms with Gasteiger partial charge in [-0.2, -0.15) is 0 Å². The smallest absolute Gasteiger partial charge is 0.344 e. The maximum atomic E-state index is 12.0. The lowest BCUT2D eigenvalue weighted by atomic mass is 10.1. The van der Waals surface area contributed by atoms with Crippen molar-refractivity contribution in [1.82, 2.24) is 0 Å².